The number of sulfonamides is 1. The molecule has 2 fully saturated rings. The third-order valence-corrected chi connectivity index (χ3v) is 7.22. The number of hydrogen-bond donors (Lipinski definition) is 1. The molecule has 0 unspecified atom stereocenters. The molecule has 1 aromatic rings. The molecule has 2 heterocycles. The van der Waals surface area contributed by atoms with Gasteiger partial charge in [0.15, 0.2) is 0 Å². The van der Waals surface area contributed by atoms with Crippen LogP contribution in [-0.2, 0) is 10.0 Å². The standard InChI is InChI=1S/C19H27N3O3S2/c1-20-11-13-21(14-12-20)9-2-3-15-25-17-4-6-19(7-5-17)27(23,24)22-10-8-18(26)16-22/h4-7,18,26H,8-16H2,1H3/t18-/m0/s1. The van der Waals surface area contributed by atoms with Crippen molar-refractivity contribution in [1.29, 1.82) is 0 Å². The Morgan fingerprint density at radius 1 is 1.11 bits per heavy atom. The van der Waals surface area contributed by atoms with Crippen LogP contribution in [0.3, 0.4) is 0 Å². The molecule has 0 amide bonds. The summed E-state index contributed by atoms with van der Waals surface area (Å²) in [5.41, 5.74) is 0. The van der Waals surface area contributed by atoms with Gasteiger partial charge < -0.3 is 9.64 Å². The highest BCUT2D eigenvalue weighted by atomic mass is 32.2. The van der Waals surface area contributed by atoms with E-state index < -0.39 is 10.0 Å². The fourth-order valence-electron chi connectivity index (χ4n) is 3.13. The second kappa shape index (κ2) is 9.30. The highest BCUT2D eigenvalue weighted by Gasteiger charge is 2.30. The van der Waals surface area contributed by atoms with Gasteiger partial charge in [0.25, 0.3) is 0 Å². The molecule has 1 aromatic carbocycles. The maximum atomic E-state index is 12.6. The Hall–Kier alpha value is -1.24. The van der Waals surface area contributed by atoms with Gasteiger partial charge in [-0.05, 0) is 37.7 Å². The van der Waals surface area contributed by atoms with Gasteiger partial charge in [-0.25, -0.2) is 8.42 Å². The zero-order valence-corrected chi connectivity index (χ0v) is 17.4. The van der Waals surface area contributed by atoms with Gasteiger partial charge in [-0.2, -0.15) is 16.9 Å². The molecule has 0 aliphatic carbocycles. The molecule has 0 N–H and O–H groups in total. The first kappa shape index (κ1) is 20.5. The van der Waals surface area contributed by atoms with Crippen LogP contribution in [0.25, 0.3) is 0 Å². The summed E-state index contributed by atoms with van der Waals surface area (Å²) in [5.74, 6) is 6.79. The molecule has 0 bridgehead atoms. The Kier molecular flexibility index (Phi) is 7.06. The second-order valence-corrected chi connectivity index (χ2v) is 9.67. The third kappa shape index (κ3) is 5.62. The molecule has 27 heavy (non-hydrogen) atoms. The van der Waals surface area contributed by atoms with E-state index in [1.807, 2.05) is 0 Å². The first-order valence-electron chi connectivity index (χ1n) is 9.23. The van der Waals surface area contributed by atoms with Crippen molar-refractivity contribution in [3.05, 3.63) is 24.3 Å². The van der Waals surface area contributed by atoms with Gasteiger partial charge in [0.05, 0.1) is 11.4 Å². The smallest absolute Gasteiger partial charge is 0.243 e. The van der Waals surface area contributed by atoms with Crippen molar-refractivity contribution in [3.63, 3.8) is 0 Å². The summed E-state index contributed by atoms with van der Waals surface area (Å²) in [6.07, 6.45) is 0.788. The summed E-state index contributed by atoms with van der Waals surface area (Å²) in [4.78, 5) is 4.94. The van der Waals surface area contributed by atoms with E-state index in [0.29, 0.717) is 30.3 Å². The molecule has 6 nitrogen and oxygen atoms in total. The SMILES string of the molecule is CN1CCN(CC#CCOc2ccc(S(=O)(=O)N3CC[C@H](S)C3)cc2)CC1. The van der Waals surface area contributed by atoms with E-state index in [0.717, 1.165) is 39.1 Å². The molecule has 2 aliphatic heterocycles. The van der Waals surface area contributed by atoms with Gasteiger partial charge in [-0.3, -0.25) is 4.90 Å². The van der Waals surface area contributed by atoms with Crippen LogP contribution in [0.4, 0.5) is 0 Å². The highest BCUT2D eigenvalue weighted by molar-refractivity contribution is 7.89. The van der Waals surface area contributed by atoms with E-state index in [9.17, 15) is 8.42 Å². The van der Waals surface area contributed by atoms with Crippen LogP contribution < -0.4 is 4.74 Å². The highest BCUT2D eigenvalue weighted by Crippen LogP contribution is 2.24. The van der Waals surface area contributed by atoms with Crippen LogP contribution in [0.5, 0.6) is 5.75 Å². The number of nitrogens with zero attached hydrogens (tertiary/aromatic N) is 3. The summed E-state index contributed by atoms with van der Waals surface area (Å²) in [5, 5.41) is 0.117. The van der Waals surface area contributed by atoms with Gasteiger partial charge in [-0.1, -0.05) is 11.8 Å². The molecule has 1 atom stereocenters. The van der Waals surface area contributed by atoms with Crippen molar-refractivity contribution in [3.8, 4) is 17.6 Å². The van der Waals surface area contributed by atoms with Crippen LogP contribution in [0.2, 0.25) is 0 Å². The summed E-state index contributed by atoms with van der Waals surface area (Å²) in [7, 11) is -1.31. The number of benzene rings is 1. The lowest BCUT2D eigenvalue weighted by Gasteiger charge is -2.30. The zero-order chi connectivity index (χ0) is 19.3. The summed E-state index contributed by atoms with van der Waals surface area (Å²) in [6, 6.07) is 6.55. The number of rotatable bonds is 5. The van der Waals surface area contributed by atoms with Crippen LogP contribution in [0, 0.1) is 11.8 Å². The molecular weight excluding hydrogens is 382 g/mol. The molecule has 2 aliphatic rings. The summed E-state index contributed by atoms with van der Waals surface area (Å²) in [6.45, 7) is 6.31. The molecule has 0 aromatic heterocycles. The van der Waals surface area contributed by atoms with E-state index in [2.05, 4.69) is 41.3 Å². The van der Waals surface area contributed by atoms with E-state index in [4.69, 9.17) is 4.74 Å². The van der Waals surface area contributed by atoms with Crippen LogP contribution in [0.1, 0.15) is 6.42 Å². The van der Waals surface area contributed by atoms with Crippen molar-refractivity contribution < 1.29 is 13.2 Å². The molecule has 8 heteroatoms. The predicted molar refractivity (Wildman–Crippen MR) is 110 cm³/mol. The first-order chi connectivity index (χ1) is 12.9. The van der Waals surface area contributed by atoms with Crippen molar-refractivity contribution in [1.82, 2.24) is 14.1 Å². The Morgan fingerprint density at radius 3 is 2.44 bits per heavy atom. The minimum atomic E-state index is -3.44. The largest absolute Gasteiger partial charge is 0.481 e. The molecule has 0 spiro atoms. The van der Waals surface area contributed by atoms with E-state index >= 15 is 0 Å². The Balaban J connectivity index is 1.46. The summed E-state index contributed by atoms with van der Waals surface area (Å²) >= 11 is 4.36. The molecule has 0 radical (unpaired) electrons. The second-order valence-electron chi connectivity index (χ2n) is 7.00. The Morgan fingerprint density at radius 2 is 1.81 bits per heavy atom. The van der Waals surface area contributed by atoms with Gasteiger partial charge in [-0.15, -0.1) is 0 Å². The average Bonchev–Trinajstić information content (AvgIpc) is 3.11. The van der Waals surface area contributed by atoms with Crippen LogP contribution in [-0.4, -0.2) is 87.2 Å². The average molecular weight is 410 g/mol. The van der Waals surface area contributed by atoms with Crippen molar-refractivity contribution in [2.24, 2.45) is 0 Å². The van der Waals surface area contributed by atoms with Crippen LogP contribution in [0.15, 0.2) is 29.2 Å². The molecular formula is C19H27N3O3S2. The third-order valence-electron chi connectivity index (χ3n) is 4.92. The number of likely N-dealkylation sites (N-methyl/N-ethyl adjacent to an activating group) is 1. The van der Waals surface area contributed by atoms with Gasteiger partial charge >= 0.3 is 0 Å². The summed E-state index contributed by atoms with van der Waals surface area (Å²) < 4.78 is 32.3. The van der Waals surface area contributed by atoms with Gasteiger partial charge in [0.2, 0.25) is 10.0 Å². The molecule has 148 valence electrons. The van der Waals surface area contributed by atoms with E-state index in [1.165, 1.54) is 4.31 Å². The minimum Gasteiger partial charge on any atom is -0.481 e. The van der Waals surface area contributed by atoms with Gasteiger partial charge in [0, 0.05) is 44.5 Å². The maximum absolute atomic E-state index is 12.6. The lowest BCUT2D eigenvalue weighted by molar-refractivity contribution is 0.168. The zero-order valence-electron chi connectivity index (χ0n) is 15.7. The molecule has 0 saturated carbocycles. The van der Waals surface area contributed by atoms with Crippen molar-refractivity contribution >= 4 is 22.7 Å². The maximum Gasteiger partial charge on any atom is 0.243 e. The fraction of sp³-hybridized carbons (Fsp3) is 0.579. The van der Waals surface area contributed by atoms with E-state index in [1.54, 1.807) is 24.3 Å². The van der Waals surface area contributed by atoms with Crippen molar-refractivity contribution in [2.45, 2.75) is 16.6 Å². The predicted octanol–water partition coefficient (Wildman–Crippen LogP) is 1.01. The normalized spacial score (nSPS) is 22.4. The molecule has 2 saturated heterocycles. The monoisotopic (exact) mass is 409 g/mol. The molecule has 3 rings (SSSR count). The lowest BCUT2D eigenvalue weighted by Crippen LogP contribution is -2.44. The van der Waals surface area contributed by atoms with Crippen LogP contribution >= 0.6 is 12.6 Å². The number of hydrogen-bond acceptors (Lipinski definition) is 6. The lowest BCUT2D eigenvalue weighted by atomic mass is 10.3. The number of piperazine rings is 1. The van der Waals surface area contributed by atoms with Gasteiger partial charge in [0.1, 0.15) is 12.4 Å². The van der Waals surface area contributed by atoms with E-state index in [-0.39, 0.29) is 5.25 Å². The quantitative estimate of drug-likeness (QED) is 0.581. The topological polar surface area (TPSA) is 53.1 Å². The first-order valence-corrected chi connectivity index (χ1v) is 11.2. The number of ether oxygens (including phenoxy) is 1. The minimum absolute atomic E-state index is 0.117. The fourth-order valence-corrected chi connectivity index (χ4v) is 5.05. The number of thiol groups is 1. The Labute approximate surface area is 167 Å². The Bertz CT molecular complexity index is 779. The van der Waals surface area contributed by atoms with Crippen molar-refractivity contribution in [2.75, 3.05) is 59.5 Å².